The van der Waals surface area contributed by atoms with E-state index in [2.05, 4.69) is 55.4 Å². The maximum atomic E-state index is 2.42. The van der Waals surface area contributed by atoms with Gasteiger partial charge in [0.15, 0.2) is 0 Å². The van der Waals surface area contributed by atoms with Gasteiger partial charge in [-0.3, -0.25) is 0 Å². The van der Waals surface area contributed by atoms with Crippen LogP contribution in [-0.2, 0) is 0 Å². The molecule has 2 heteroatoms. The van der Waals surface area contributed by atoms with E-state index in [1.54, 1.807) is 0 Å². The van der Waals surface area contributed by atoms with Crippen molar-refractivity contribution in [3.8, 4) is 0 Å². The third-order valence-electron chi connectivity index (χ3n) is 1.38. The zero-order valence-electron chi connectivity index (χ0n) is 10.5. The monoisotopic (exact) mass is 220 g/mol. The van der Waals surface area contributed by atoms with Crippen LogP contribution in [0.2, 0.25) is 0 Å². The molecule has 0 aromatic heterocycles. The molecule has 13 heavy (non-hydrogen) atoms. The lowest BCUT2D eigenvalue weighted by atomic mass is 10.3. The molecule has 0 radical (unpaired) electrons. The van der Waals surface area contributed by atoms with Crippen molar-refractivity contribution >= 4 is 17.2 Å². The summed E-state index contributed by atoms with van der Waals surface area (Å²) >= 11 is 0. The van der Waals surface area contributed by atoms with Crippen LogP contribution in [0, 0.1) is 0 Å². The van der Waals surface area contributed by atoms with E-state index in [1.807, 2.05) is 0 Å². The molecule has 0 aromatic carbocycles. The van der Waals surface area contributed by atoms with Crippen LogP contribution in [0.5, 0.6) is 0 Å². The van der Waals surface area contributed by atoms with Gasteiger partial charge < -0.3 is 0 Å². The lowest BCUT2D eigenvalue weighted by Gasteiger charge is -2.37. The summed E-state index contributed by atoms with van der Waals surface area (Å²) in [5, 5.41) is 0.976. The maximum absolute atomic E-state index is 2.42. The van der Waals surface area contributed by atoms with E-state index < -0.39 is 0 Å². The molecule has 0 aromatic rings. The molecule has 0 nitrogen and oxygen atoms in total. The van der Waals surface area contributed by atoms with Crippen molar-refractivity contribution < 1.29 is 0 Å². The Labute approximate surface area is 88.2 Å². The van der Waals surface area contributed by atoms with Crippen LogP contribution in [0.15, 0.2) is 0 Å². The van der Waals surface area contributed by atoms with Crippen LogP contribution < -0.4 is 0 Å². The highest BCUT2D eigenvalue weighted by molar-refractivity contribution is 7.60. The van der Waals surface area contributed by atoms with Crippen molar-refractivity contribution in [2.75, 3.05) is 0 Å². The predicted molar refractivity (Wildman–Crippen MR) is 70.2 cm³/mol. The van der Waals surface area contributed by atoms with Gasteiger partial charge in [0.2, 0.25) is 0 Å². The second-order valence-electron chi connectivity index (χ2n) is 6.38. The summed E-state index contributed by atoms with van der Waals surface area (Å²) in [4.78, 5) is 0.524. The predicted octanol–water partition coefficient (Wildman–Crippen LogP) is 4.68. The van der Waals surface area contributed by atoms with Crippen molar-refractivity contribution in [2.45, 2.75) is 70.6 Å². The lowest BCUT2D eigenvalue weighted by molar-refractivity contribution is 0.754. The normalized spacial score (nSPS) is 16.6. The minimum absolute atomic E-state index is 0.488. The summed E-state index contributed by atoms with van der Waals surface area (Å²) in [5.41, 5.74) is 0. The molecule has 0 aliphatic heterocycles. The fourth-order valence-corrected chi connectivity index (χ4v) is 8.16. The average Bonchev–Trinajstić information content (AvgIpc) is 1.43. The smallest absolute Gasteiger partial charge is 0.000341 e. The van der Waals surface area contributed by atoms with Crippen LogP contribution >= 0.6 is 17.2 Å². The Morgan fingerprint density at radius 1 is 0.538 bits per heavy atom. The summed E-state index contributed by atoms with van der Waals surface area (Å²) in [5.74, 6) is 0. The third-order valence-corrected chi connectivity index (χ3v) is 4.88. The second kappa shape index (κ2) is 4.16. The molecule has 0 aliphatic carbocycles. The number of hydrogen-bond donors (Lipinski definition) is 0. The molecule has 80 valence electrons. The van der Waals surface area contributed by atoms with Crippen molar-refractivity contribution in [3.63, 3.8) is 0 Å². The molecule has 0 spiro atoms. The summed E-state index contributed by atoms with van der Waals surface area (Å²) in [7, 11) is 2.11. The molecule has 2 unspecified atom stereocenters. The Hall–Kier alpha value is 0.860. The maximum Gasteiger partial charge on any atom is 0.000341 e. The van der Waals surface area contributed by atoms with E-state index >= 15 is 0 Å². The summed E-state index contributed by atoms with van der Waals surface area (Å²) < 4.78 is 0. The van der Waals surface area contributed by atoms with Crippen molar-refractivity contribution in [1.82, 2.24) is 0 Å². The summed E-state index contributed by atoms with van der Waals surface area (Å²) in [6.45, 7) is 18.9. The van der Waals surface area contributed by atoms with Gasteiger partial charge in [-0.25, -0.2) is 0 Å². The highest BCUT2D eigenvalue weighted by Gasteiger charge is 2.29. The fraction of sp³-hybridized carbons (Fsp3) is 1.00. The van der Waals surface area contributed by atoms with Gasteiger partial charge in [0.1, 0.15) is 0 Å². The molecule has 0 saturated heterocycles. The molecule has 0 aliphatic rings. The molecule has 2 atom stereocenters. The Balaban J connectivity index is 4.25. The highest BCUT2D eigenvalue weighted by atomic mass is 31.1. The zero-order valence-corrected chi connectivity index (χ0v) is 12.5. The Bertz CT molecular complexity index is 140. The SMILES string of the molecule is CC(C)(C)PC(C)(C)PC(C)(C)C. The minimum atomic E-state index is 0.488. The van der Waals surface area contributed by atoms with Gasteiger partial charge in [-0.15, -0.1) is 17.2 Å². The lowest BCUT2D eigenvalue weighted by Crippen LogP contribution is -2.21. The van der Waals surface area contributed by atoms with Crippen molar-refractivity contribution in [1.29, 1.82) is 0 Å². The molecule has 0 saturated carbocycles. The van der Waals surface area contributed by atoms with Crippen LogP contribution in [0.1, 0.15) is 55.4 Å². The van der Waals surface area contributed by atoms with E-state index in [4.69, 9.17) is 0 Å². The van der Waals surface area contributed by atoms with E-state index in [0.717, 1.165) is 17.2 Å². The van der Waals surface area contributed by atoms with Crippen LogP contribution in [0.25, 0.3) is 0 Å². The van der Waals surface area contributed by atoms with E-state index in [0.29, 0.717) is 15.2 Å². The van der Waals surface area contributed by atoms with E-state index in [9.17, 15) is 0 Å². The molecular weight excluding hydrogens is 194 g/mol. The largest absolute Gasteiger partial charge is 0.106 e. The summed E-state index contributed by atoms with van der Waals surface area (Å²) in [6.07, 6.45) is 0. The zero-order chi connectivity index (χ0) is 10.9. The van der Waals surface area contributed by atoms with E-state index in [-0.39, 0.29) is 0 Å². The Kier molecular flexibility index (Phi) is 4.43. The first-order valence-corrected chi connectivity index (χ1v) is 7.00. The Morgan fingerprint density at radius 2 is 0.769 bits per heavy atom. The molecule has 0 N–H and O–H groups in total. The molecular formula is C11H26P2. The highest BCUT2D eigenvalue weighted by Crippen LogP contribution is 2.56. The number of rotatable bonds is 2. The Morgan fingerprint density at radius 3 is 0.923 bits per heavy atom. The summed E-state index contributed by atoms with van der Waals surface area (Å²) in [6, 6.07) is 0. The molecule has 0 rings (SSSR count). The quantitative estimate of drug-likeness (QED) is 0.593. The van der Waals surface area contributed by atoms with Gasteiger partial charge >= 0.3 is 0 Å². The second-order valence-corrected chi connectivity index (χ2v) is 12.9. The van der Waals surface area contributed by atoms with Gasteiger partial charge in [0.25, 0.3) is 0 Å². The first-order valence-electron chi connectivity index (χ1n) is 5.00. The minimum Gasteiger partial charge on any atom is -0.106 e. The molecule has 0 bridgehead atoms. The molecule has 0 fully saturated rings. The molecule has 0 heterocycles. The van der Waals surface area contributed by atoms with Gasteiger partial charge in [-0.05, 0) is 10.3 Å². The first-order chi connectivity index (χ1) is 5.41. The van der Waals surface area contributed by atoms with Crippen LogP contribution in [0.4, 0.5) is 0 Å². The average molecular weight is 220 g/mol. The van der Waals surface area contributed by atoms with Gasteiger partial charge in [-0.1, -0.05) is 55.4 Å². The molecule has 0 amide bonds. The van der Waals surface area contributed by atoms with Crippen LogP contribution in [0.3, 0.4) is 0 Å². The first kappa shape index (κ1) is 13.9. The van der Waals surface area contributed by atoms with Crippen molar-refractivity contribution in [2.24, 2.45) is 0 Å². The van der Waals surface area contributed by atoms with Gasteiger partial charge in [-0.2, -0.15) is 0 Å². The number of hydrogen-bond acceptors (Lipinski definition) is 0. The van der Waals surface area contributed by atoms with E-state index in [1.165, 1.54) is 0 Å². The van der Waals surface area contributed by atoms with Gasteiger partial charge in [0.05, 0.1) is 0 Å². The van der Waals surface area contributed by atoms with Gasteiger partial charge in [0, 0.05) is 4.90 Å². The topological polar surface area (TPSA) is 0 Å². The third kappa shape index (κ3) is 9.17. The standard InChI is InChI=1S/C11H26P2/c1-9(2,3)12-11(7,8)13-10(4,5)6/h12-13H,1-8H3. The van der Waals surface area contributed by atoms with Crippen molar-refractivity contribution in [3.05, 3.63) is 0 Å². The fourth-order valence-electron chi connectivity index (χ4n) is 1.91. The van der Waals surface area contributed by atoms with Crippen LogP contribution in [-0.4, -0.2) is 15.2 Å².